The Morgan fingerprint density at radius 3 is 0.614 bits per heavy atom. The Balaban J connectivity index is 4.25. The Hall–Kier alpha value is -1.59. The quantitative estimate of drug-likeness (QED) is 0.0343. The molecule has 0 amide bonds. The molecule has 0 aliphatic heterocycles. The normalized spacial score (nSPS) is 12.1. The summed E-state index contributed by atoms with van der Waals surface area (Å²) in [6, 6.07) is 0. The topological polar surface area (TPSA) is 78.9 Å². The molecule has 0 N–H and O–H groups in total. The molecule has 0 aliphatic rings. The van der Waals surface area contributed by atoms with Crippen LogP contribution in [0.3, 0.4) is 0 Å². The van der Waals surface area contributed by atoms with Crippen molar-refractivity contribution < 1.29 is 28.6 Å². The number of unbranched alkanes of at least 4 members (excludes halogenated alkanes) is 40. The molecule has 0 radical (unpaired) electrons. The van der Waals surface area contributed by atoms with Crippen molar-refractivity contribution in [3.8, 4) is 0 Å². The van der Waals surface area contributed by atoms with Crippen molar-refractivity contribution in [1.29, 1.82) is 0 Å². The van der Waals surface area contributed by atoms with E-state index in [-0.39, 0.29) is 31.1 Å². The van der Waals surface area contributed by atoms with E-state index in [0.717, 1.165) is 75.5 Å². The van der Waals surface area contributed by atoms with Gasteiger partial charge >= 0.3 is 17.9 Å². The SMILES string of the molecule is CC(C)CCCCCCCCCCCCCCCCCCCCC(=O)OC[C@H](COC(=O)CCCCCCCCCCCCC(C)C)OC(=O)CCCCCCCCCCCCCCCCCC(C)C. The summed E-state index contributed by atoms with van der Waals surface area (Å²) < 4.78 is 16.9. The second-order valence-electron chi connectivity index (χ2n) is 23.5. The van der Waals surface area contributed by atoms with Crippen LogP contribution >= 0.6 is 0 Å². The maximum absolute atomic E-state index is 12.9. The molecule has 416 valence electrons. The van der Waals surface area contributed by atoms with Crippen LogP contribution in [-0.4, -0.2) is 37.2 Å². The minimum absolute atomic E-state index is 0.0628. The molecule has 0 fully saturated rings. The van der Waals surface area contributed by atoms with Crippen molar-refractivity contribution in [3.63, 3.8) is 0 Å². The number of hydrogen-bond donors (Lipinski definition) is 0. The van der Waals surface area contributed by atoms with Crippen molar-refractivity contribution in [2.45, 2.75) is 362 Å². The van der Waals surface area contributed by atoms with Crippen LogP contribution in [0.25, 0.3) is 0 Å². The molecule has 6 heteroatoms. The average Bonchev–Trinajstić information content (AvgIpc) is 3.32. The number of carbonyl (C=O) groups is 3. The summed E-state index contributed by atoms with van der Waals surface area (Å²) in [4.78, 5) is 38.3. The zero-order valence-corrected chi connectivity index (χ0v) is 48.3. The lowest BCUT2D eigenvalue weighted by Crippen LogP contribution is -2.30. The molecular formula is C64H124O6. The maximum Gasteiger partial charge on any atom is 0.306 e. The fourth-order valence-electron chi connectivity index (χ4n) is 9.88. The van der Waals surface area contributed by atoms with E-state index in [0.29, 0.717) is 19.3 Å². The summed E-state index contributed by atoms with van der Waals surface area (Å²) in [7, 11) is 0. The van der Waals surface area contributed by atoms with Crippen LogP contribution in [0.1, 0.15) is 356 Å². The van der Waals surface area contributed by atoms with Crippen molar-refractivity contribution in [2.75, 3.05) is 13.2 Å². The second-order valence-corrected chi connectivity index (χ2v) is 23.5. The van der Waals surface area contributed by atoms with Crippen LogP contribution in [0, 0.1) is 17.8 Å². The Morgan fingerprint density at radius 2 is 0.414 bits per heavy atom. The van der Waals surface area contributed by atoms with Gasteiger partial charge in [-0.2, -0.15) is 0 Å². The van der Waals surface area contributed by atoms with E-state index in [1.54, 1.807) is 0 Å². The Labute approximate surface area is 438 Å². The first kappa shape index (κ1) is 68.4. The number of rotatable bonds is 57. The van der Waals surface area contributed by atoms with Gasteiger partial charge in [-0.1, -0.05) is 318 Å². The van der Waals surface area contributed by atoms with E-state index >= 15 is 0 Å². The van der Waals surface area contributed by atoms with Gasteiger partial charge in [-0.25, -0.2) is 0 Å². The van der Waals surface area contributed by atoms with Gasteiger partial charge in [0.1, 0.15) is 13.2 Å². The van der Waals surface area contributed by atoms with Gasteiger partial charge in [0.2, 0.25) is 0 Å². The maximum atomic E-state index is 12.9. The minimum Gasteiger partial charge on any atom is -0.462 e. The molecule has 6 nitrogen and oxygen atoms in total. The summed E-state index contributed by atoms with van der Waals surface area (Å²) in [6.07, 6.45) is 59.6. The van der Waals surface area contributed by atoms with E-state index < -0.39 is 6.10 Å². The molecule has 0 aromatic carbocycles. The molecule has 0 spiro atoms. The smallest absolute Gasteiger partial charge is 0.306 e. The number of hydrogen-bond acceptors (Lipinski definition) is 6. The monoisotopic (exact) mass is 989 g/mol. The summed E-state index contributed by atoms with van der Waals surface area (Å²) in [5.41, 5.74) is 0. The van der Waals surface area contributed by atoms with Gasteiger partial charge in [-0.3, -0.25) is 14.4 Å². The molecule has 0 saturated carbocycles. The van der Waals surface area contributed by atoms with Gasteiger partial charge in [-0.15, -0.1) is 0 Å². The van der Waals surface area contributed by atoms with Gasteiger partial charge in [0.15, 0.2) is 6.10 Å². The van der Waals surface area contributed by atoms with Crippen LogP contribution in [0.2, 0.25) is 0 Å². The molecule has 0 aromatic heterocycles. The highest BCUT2D eigenvalue weighted by Crippen LogP contribution is 2.19. The third-order valence-electron chi connectivity index (χ3n) is 14.6. The van der Waals surface area contributed by atoms with Crippen LogP contribution in [0.15, 0.2) is 0 Å². The van der Waals surface area contributed by atoms with Crippen molar-refractivity contribution in [3.05, 3.63) is 0 Å². The summed E-state index contributed by atoms with van der Waals surface area (Å²) in [5.74, 6) is 1.69. The average molecular weight is 990 g/mol. The molecule has 0 unspecified atom stereocenters. The zero-order chi connectivity index (χ0) is 51.2. The molecule has 0 saturated heterocycles. The van der Waals surface area contributed by atoms with Gasteiger partial charge in [-0.05, 0) is 37.0 Å². The highest BCUT2D eigenvalue weighted by Gasteiger charge is 2.19. The summed E-state index contributed by atoms with van der Waals surface area (Å²) >= 11 is 0. The van der Waals surface area contributed by atoms with Gasteiger partial charge in [0, 0.05) is 19.3 Å². The fourth-order valence-corrected chi connectivity index (χ4v) is 9.88. The number of carbonyl (C=O) groups excluding carboxylic acids is 3. The third kappa shape index (κ3) is 57.3. The third-order valence-corrected chi connectivity index (χ3v) is 14.6. The summed E-state index contributed by atoms with van der Waals surface area (Å²) in [5, 5.41) is 0. The molecule has 1 atom stereocenters. The van der Waals surface area contributed by atoms with Gasteiger partial charge in [0.25, 0.3) is 0 Å². The Kier molecular flexibility index (Phi) is 53.9. The second kappa shape index (κ2) is 55.2. The lowest BCUT2D eigenvalue weighted by atomic mass is 10.0. The van der Waals surface area contributed by atoms with Crippen LogP contribution < -0.4 is 0 Å². The molecule has 70 heavy (non-hydrogen) atoms. The minimum atomic E-state index is -0.764. The van der Waals surface area contributed by atoms with E-state index in [9.17, 15) is 14.4 Å². The van der Waals surface area contributed by atoms with Crippen molar-refractivity contribution in [2.24, 2.45) is 17.8 Å². The lowest BCUT2D eigenvalue weighted by molar-refractivity contribution is -0.167. The van der Waals surface area contributed by atoms with E-state index in [1.807, 2.05) is 0 Å². The van der Waals surface area contributed by atoms with Gasteiger partial charge in [0.05, 0.1) is 0 Å². The number of ether oxygens (including phenoxy) is 3. The van der Waals surface area contributed by atoms with E-state index in [1.165, 1.54) is 238 Å². The molecule has 0 bridgehead atoms. The molecule has 0 aromatic rings. The highest BCUT2D eigenvalue weighted by atomic mass is 16.6. The largest absolute Gasteiger partial charge is 0.462 e. The van der Waals surface area contributed by atoms with Crippen molar-refractivity contribution >= 4 is 17.9 Å². The first-order chi connectivity index (χ1) is 34.1. The van der Waals surface area contributed by atoms with Crippen LogP contribution in [-0.2, 0) is 28.6 Å². The molecule has 0 aliphatic carbocycles. The van der Waals surface area contributed by atoms with Crippen LogP contribution in [0.4, 0.5) is 0 Å². The van der Waals surface area contributed by atoms with Crippen molar-refractivity contribution in [1.82, 2.24) is 0 Å². The molecular weight excluding hydrogens is 865 g/mol. The first-order valence-corrected chi connectivity index (χ1v) is 31.6. The first-order valence-electron chi connectivity index (χ1n) is 31.6. The molecule has 0 rings (SSSR count). The zero-order valence-electron chi connectivity index (χ0n) is 48.3. The standard InChI is InChI=1S/C64H124O6/c1-58(2)50-44-38-32-26-20-16-12-9-7-8-10-14-18-22-29-35-41-47-53-62(65)68-56-61(57-69-63(66)54-48-42-36-30-25-24-28-34-40-46-52-60(5)6)70-64(67)55-49-43-37-31-23-19-15-11-13-17-21-27-33-39-45-51-59(3)4/h58-61H,7-57H2,1-6H3/t61-/m1/s1. The fraction of sp³-hybridized carbons (Fsp3) is 0.953. The summed E-state index contributed by atoms with van der Waals surface area (Å²) in [6.45, 7) is 13.8. The number of esters is 3. The van der Waals surface area contributed by atoms with Crippen LogP contribution in [0.5, 0.6) is 0 Å². The predicted octanol–water partition coefficient (Wildman–Crippen LogP) is 21.1. The van der Waals surface area contributed by atoms with Gasteiger partial charge < -0.3 is 14.2 Å². The molecule has 0 heterocycles. The lowest BCUT2D eigenvalue weighted by Gasteiger charge is -2.18. The Morgan fingerprint density at radius 1 is 0.243 bits per heavy atom. The predicted molar refractivity (Wildman–Crippen MR) is 303 cm³/mol. The Bertz CT molecular complexity index is 1090. The van der Waals surface area contributed by atoms with E-state index in [2.05, 4.69) is 41.5 Å². The highest BCUT2D eigenvalue weighted by molar-refractivity contribution is 5.71. The van der Waals surface area contributed by atoms with E-state index in [4.69, 9.17) is 14.2 Å².